The van der Waals surface area contributed by atoms with E-state index in [1.165, 1.54) is 0 Å². The maximum absolute atomic E-state index is 10.6. The number of rotatable bonds is 5. The number of anilines is 1. The molecule has 0 aromatic heterocycles. The second kappa shape index (κ2) is 6.01. The highest BCUT2D eigenvalue weighted by molar-refractivity contribution is 9.10. The van der Waals surface area contributed by atoms with Crippen LogP contribution in [0, 0.1) is 0 Å². The summed E-state index contributed by atoms with van der Waals surface area (Å²) < 4.78 is 0.874. The van der Waals surface area contributed by atoms with E-state index in [1.807, 2.05) is 6.07 Å². The Labute approximate surface area is 104 Å². The smallest absolute Gasteiger partial charge is 0.150 e. The number of aliphatic hydroxyl groups is 1. The molecule has 16 heavy (non-hydrogen) atoms. The lowest BCUT2D eigenvalue weighted by molar-refractivity contribution is 0.112. The predicted octanol–water partition coefficient (Wildman–Crippen LogP) is 2.47. The van der Waals surface area contributed by atoms with Crippen LogP contribution >= 0.6 is 15.9 Å². The van der Waals surface area contributed by atoms with Crippen molar-refractivity contribution in [1.82, 2.24) is 0 Å². The van der Waals surface area contributed by atoms with Crippen LogP contribution in [0.5, 0.6) is 0 Å². The van der Waals surface area contributed by atoms with Gasteiger partial charge >= 0.3 is 0 Å². The van der Waals surface area contributed by atoms with Crippen molar-refractivity contribution >= 4 is 27.9 Å². The molecule has 88 valence electrons. The fraction of sp³-hybridized carbons (Fsp3) is 0.417. The van der Waals surface area contributed by atoms with Crippen molar-refractivity contribution in [3.8, 4) is 0 Å². The zero-order chi connectivity index (χ0) is 12.1. The van der Waals surface area contributed by atoms with Crippen LogP contribution in [-0.2, 0) is 0 Å². The highest BCUT2D eigenvalue weighted by Crippen LogP contribution is 2.28. The molecule has 0 saturated carbocycles. The Morgan fingerprint density at radius 3 is 2.62 bits per heavy atom. The lowest BCUT2D eigenvalue weighted by Gasteiger charge is -2.29. The Morgan fingerprint density at radius 2 is 2.19 bits per heavy atom. The molecule has 0 unspecified atom stereocenters. The van der Waals surface area contributed by atoms with Crippen molar-refractivity contribution in [2.24, 2.45) is 0 Å². The van der Waals surface area contributed by atoms with Crippen LogP contribution in [0.4, 0.5) is 5.69 Å². The maximum Gasteiger partial charge on any atom is 0.150 e. The first kappa shape index (κ1) is 13.2. The van der Waals surface area contributed by atoms with Gasteiger partial charge in [-0.1, -0.05) is 0 Å². The molecule has 1 rings (SSSR count). The van der Waals surface area contributed by atoms with Gasteiger partial charge < -0.3 is 10.0 Å². The van der Waals surface area contributed by atoms with E-state index in [9.17, 15) is 4.79 Å². The third-order valence-electron chi connectivity index (χ3n) is 2.38. The van der Waals surface area contributed by atoms with E-state index >= 15 is 0 Å². The van der Waals surface area contributed by atoms with E-state index in [1.54, 1.807) is 12.1 Å². The average Bonchev–Trinajstić information content (AvgIpc) is 2.26. The Kier molecular flexibility index (Phi) is 4.96. The van der Waals surface area contributed by atoms with Crippen LogP contribution in [0.15, 0.2) is 22.7 Å². The van der Waals surface area contributed by atoms with Gasteiger partial charge in [-0.2, -0.15) is 0 Å². The minimum Gasteiger partial charge on any atom is -0.395 e. The largest absolute Gasteiger partial charge is 0.395 e. The highest BCUT2D eigenvalue weighted by atomic mass is 79.9. The number of benzene rings is 1. The average molecular weight is 286 g/mol. The van der Waals surface area contributed by atoms with Crippen molar-refractivity contribution in [2.75, 3.05) is 18.1 Å². The van der Waals surface area contributed by atoms with Crippen LogP contribution in [-0.4, -0.2) is 30.6 Å². The SMILES string of the molecule is CC(C)N(CCO)c1ccc(C=O)cc1Br. The number of nitrogens with zero attached hydrogens (tertiary/aromatic N) is 1. The molecule has 0 amide bonds. The molecule has 1 aromatic carbocycles. The first-order valence-corrected chi connectivity index (χ1v) is 6.01. The first-order valence-electron chi connectivity index (χ1n) is 5.22. The van der Waals surface area contributed by atoms with Crippen molar-refractivity contribution < 1.29 is 9.90 Å². The fourth-order valence-electron chi connectivity index (χ4n) is 1.59. The molecule has 0 spiro atoms. The number of aldehydes is 1. The summed E-state index contributed by atoms with van der Waals surface area (Å²) in [5.74, 6) is 0. The zero-order valence-corrected chi connectivity index (χ0v) is 11.1. The summed E-state index contributed by atoms with van der Waals surface area (Å²) in [5, 5.41) is 9.03. The number of hydrogen-bond donors (Lipinski definition) is 1. The van der Waals surface area contributed by atoms with Gasteiger partial charge in [0.25, 0.3) is 0 Å². The van der Waals surface area contributed by atoms with Crippen molar-refractivity contribution in [3.63, 3.8) is 0 Å². The van der Waals surface area contributed by atoms with Crippen molar-refractivity contribution in [1.29, 1.82) is 0 Å². The summed E-state index contributed by atoms with van der Waals surface area (Å²) in [7, 11) is 0. The third-order valence-corrected chi connectivity index (χ3v) is 3.02. The maximum atomic E-state index is 10.6. The molecule has 0 bridgehead atoms. The molecule has 0 aliphatic carbocycles. The molecule has 0 aliphatic rings. The van der Waals surface area contributed by atoms with Crippen LogP contribution in [0.3, 0.4) is 0 Å². The highest BCUT2D eigenvalue weighted by Gasteiger charge is 2.13. The number of carbonyl (C=O) groups excluding carboxylic acids is 1. The topological polar surface area (TPSA) is 40.5 Å². The van der Waals surface area contributed by atoms with Gasteiger partial charge in [0.1, 0.15) is 6.29 Å². The van der Waals surface area contributed by atoms with Gasteiger partial charge in [0.2, 0.25) is 0 Å². The Morgan fingerprint density at radius 1 is 1.50 bits per heavy atom. The molecule has 1 N–H and O–H groups in total. The summed E-state index contributed by atoms with van der Waals surface area (Å²) >= 11 is 3.44. The summed E-state index contributed by atoms with van der Waals surface area (Å²) in [4.78, 5) is 12.7. The lowest BCUT2D eigenvalue weighted by atomic mass is 10.2. The minimum absolute atomic E-state index is 0.111. The second-order valence-electron chi connectivity index (χ2n) is 3.84. The molecule has 0 heterocycles. The van der Waals surface area contributed by atoms with Gasteiger partial charge in [0.05, 0.1) is 12.3 Å². The Balaban J connectivity index is 3.04. The molecular weight excluding hydrogens is 270 g/mol. The number of hydrogen-bond acceptors (Lipinski definition) is 3. The summed E-state index contributed by atoms with van der Waals surface area (Å²) in [6.07, 6.45) is 0.820. The van der Waals surface area contributed by atoms with Gasteiger partial charge in [-0.15, -0.1) is 0 Å². The molecule has 3 nitrogen and oxygen atoms in total. The molecule has 0 saturated heterocycles. The van der Waals surface area contributed by atoms with Crippen LogP contribution in [0.25, 0.3) is 0 Å². The van der Waals surface area contributed by atoms with E-state index in [2.05, 4.69) is 34.7 Å². The first-order chi connectivity index (χ1) is 7.60. The van der Waals surface area contributed by atoms with E-state index in [-0.39, 0.29) is 6.61 Å². The van der Waals surface area contributed by atoms with Crippen molar-refractivity contribution in [2.45, 2.75) is 19.9 Å². The summed E-state index contributed by atoms with van der Waals surface area (Å²) in [6, 6.07) is 5.75. The Bertz CT molecular complexity index is 366. The number of carbonyl (C=O) groups is 1. The third kappa shape index (κ3) is 3.06. The van der Waals surface area contributed by atoms with Crippen LogP contribution in [0.1, 0.15) is 24.2 Å². The molecule has 1 aromatic rings. The predicted molar refractivity (Wildman–Crippen MR) is 69.1 cm³/mol. The molecule has 0 fully saturated rings. The van der Waals surface area contributed by atoms with Crippen LogP contribution < -0.4 is 4.90 Å². The van der Waals surface area contributed by atoms with E-state index < -0.39 is 0 Å². The van der Waals surface area contributed by atoms with Gasteiger partial charge in [0, 0.05) is 22.6 Å². The summed E-state index contributed by atoms with van der Waals surface area (Å²) in [5.41, 5.74) is 1.64. The quantitative estimate of drug-likeness (QED) is 0.845. The molecule has 0 aliphatic heterocycles. The minimum atomic E-state index is 0.111. The van der Waals surface area contributed by atoms with Gasteiger partial charge in [-0.25, -0.2) is 0 Å². The van der Waals surface area contributed by atoms with Crippen LogP contribution in [0.2, 0.25) is 0 Å². The lowest BCUT2D eigenvalue weighted by Crippen LogP contribution is -2.33. The number of aliphatic hydroxyl groups excluding tert-OH is 1. The van der Waals surface area contributed by atoms with E-state index in [0.29, 0.717) is 18.2 Å². The number of halogens is 1. The molecule has 0 atom stereocenters. The fourth-order valence-corrected chi connectivity index (χ4v) is 2.22. The van der Waals surface area contributed by atoms with Gasteiger partial charge in [0.15, 0.2) is 0 Å². The molecule has 0 radical (unpaired) electrons. The van der Waals surface area contributed by atoms with Crippen molar-refractivity contribution in [3.05, 3.63) is 28.2 Å². The standard InChI is InChI=1S/C12H16BrNO2/c1-9(2)14(5-6-15)12-4-3-10(8-16)7-11(12)13/h3-4,7-9,15H,5-6H2,1-2H3. The zero-order valence-electron chi connectivity index (χ0n) is 9.48. The molecule has 4 heteroatoms. The Hall–Kier alpha value is -0.870. The van der Waals surface area contributed by atoms with E-state index in [0.717, 1.165) is 16.4 Å². The van der Waals surface area contributed by atoms with E-state index in [4.69, 9.17) is 5.11 Å². The van der Waals surface area contributed by atoms with Gasteiger partial charge in [-0.05, 0) is 48.0 Å². The molecular formula is C12H16BrNO2. The second-order valence-corrected chi connectivity index (χ2v) is 4.69. The van der Waals surface area contributed by atoms with Gasteiger partial charge in [-0.3, -0.25) is 4.79 Å². The summed E-state index contributed by atoms with van der Waals surface area (Å²) in [6.45, 7) is 4.82. The normalized spacial score (nSPS) is 10.6. The monoisotopic (exact) mass is 285 g/mol.